The van der Waals surface area contributed by atoms with Gasteiger partial charge >= 0.3 is 0 Å². The monoisotopic (exact) mass is 158 g/mol. The molecule has 0 aliphatic carbocycles. The van der Waals surface area contributed by atoms with Crippen LogP contribution in [0.25, 0.3) is 0 Å². The predicted octanol–water partition coefficient (Wildman–Crippen LogP) is -0.542. The molecule has 1 aromatic heterocycles. The minimum Gasteiger partial charge on any atom is -0.410 e. The van der Waals surface area contributed by atoms with Crippen molar-refractivity contribution in [2.75, 3.05) is 0 Å². The number of nitrogens with two attached hydrogens (primary N) is 1. The normalized spacial score (nSPS) is 9.70. The fourth-order valence-corrected chi connectivity index (χ4v) is 0.573. The van der Waals surface area contributed by atoms with Gasteiger partial charge in [-0.2, -0.15) is 0 Å². The Bertz CT molecular complexity index is 249. The summed E-state index contributed by atoms with van der Waals surface area (Å²) in [6, 6.07) is 0. The van der Waals surface area contributed by atoms with Gasteiger partial charge in [0.05, 0.1) is 0 Å². The highest BCUT2D eigenvalue weighted by Gasteiger charge is 2.05. The maximum Gasteiger partial charge on any atom is 0.212 e. The zero-order valence-corrected chi connectivity index (χ0v) is 6.09. The first-order chi connectivity index (χ1) is 4.61. The van der Waals surface area contributed by atoms with E-state index in [2.05, 4.69) is 22.3 Å². The predicted molar refractivity (Wildman–Crippen MR) is 37.8 cm³/mol. The van der Waals surface area contributed by atoms with Crippen molar-refractivity contribution >= 4 is 17.2 Å². The molecule has 1 rings (SSSR count). The van der Waals surface area contributed by atoms with Gasteiger partial charge in [-0.25, -0.2) is 4.98 Å². The Labute approximate surface area is 62.4 Å². The molecule has 0 spiro atoms. The molecule has 0 fully saturated rings. The summed E-state index contributed by atoms with van der Waals surface area (Å²) in [5, 5.41) is 12.3. The molecule has 0 unspecified atom stereocenters. The van der Waals surface area contributed by atoms with Crippen LogP contribution in [0.3, 0.4) is 0 Å². The second-order valence-electron chi connectivity index (χ2n) is 1.74. The van der Waals surface area contributed by atoms with Gasteiger partial charge < -0.3 is 10.9 Å². The first kappa shape index (κ1) is 6.94. The van der Waals surface area contributed by atoms with Gasteiger partial charge in [0.2, 0.25) is 5.82 Å². The van der Waals surface area contributed by atoms with Crippen molar-refractivity contribution in [2.24, 2.45) is 5.73 Å². The molecule has 0 saturated carbocycles. The summed E-state index contributed by atoms with van der Waals surface area (Å²) >= 11 is 4.56. The molecule has 5 nitrogen and oxygen atoms in total. The molecule has 54 valence electrons. The highest BCUT2D eigenvalue weighted by Crippen LogP contribution is 1.92. The molecule has 0 radical (unpaired) electrons. The van der Waals surface area contributed by atoms with Gasteiger partial charge in [-0.15, -0.1) is 5.10 Å². The Kier molecular flexibility index (Phi) is 1.54. The van der Waals surface area contributed by atoms with Crippen molar-refractivity contribution in [3.63, 3.8) is 0 Å². The number of aromatic nitrogens is 3. The summed E-state index contributed by atoms with van der Waals surface area (Å²) in [6.45, 7) is 1.59. The fourth-order valence-electron chi connectivity index (χ4n) is 0.487. The van der Waals surface area contributed by atoms with E-state index < -0.39 is 0 Å². The van der Waals surface area contributed by atoms with Gasteiger partial charge in [0.1, 0.15) is 4.99 Å². The van der Waals surface area contributed by atoms with Crippen LogP contribution in [0.4, 0.5) is 0 Å². The lowest BCUT2D eigenvalue weighted by Crippen LogP contribution is -2.11. The topological polar surface area (TPSA) is 77.0 Å². The Morgan fingerprint density at radius 1 is 1.80 bits per heavy atom. The number of hydrogen-bond acceptors (Lipinski definition) is 4. The van der Waals surface area contributed by atoms with Crippen LogP contribution in [-0.2, 0) is 0 Å². The van der Waals surface area contributed by atoms with E-state index in [9.17, 15) is 0 Å². The van der Waals surface area contributed by atoms with E-state index in [1.807, 2.05) is 0 Å². The zero-order chi connectivity index (χ0) is 7.72. The van der Waals surface area contributed by atoms with Crippen LogP contribution < -0.4 is 5.73 Å². The molecule has 0 aliphatic rings. The maximum absolute atomic E-state index is 8.82. The molecule has 1 aromatic rings. The number of hydrogen-bond donors (Lipinski definition) is 2. The second-order valence-corrected chi connectivity index (χ2v) is 2.18. The van der Waals surface area contributed by atoms with Gasteiger partial charge in [-0.05, 0) is 6.92 Å². The molecule has 10 heavy (non-hydrogen) atoms. The van der Waals surface area contributed by atoms with Gasteiger partial charge in [-0.1, -0.05) is 17.1 Å². The number of nitrogens with zero attached hydrogens (tertiary/aromatic N) is 3. The summed E-state index contributed by atoms with van der Waals surface area (Å²) in [6.07, 6.45) is 0. The van der Waals surface area contributed by atoms with E-state index in [1.54, 1.807) is 6.92 Å². The standard InChI is InChI=1S/C4H6N4OS/c1-2-6-4(3(5)10)7-8(2)9/h9H,1H3,(H2,5,10). The van der Waals surface area contributed by atoms with Crippen LogP contribution >= 0.6 is 12.2 Å². The third kappa shape index (κ3) is 1.06. The minimum atomic E-state index is 0.0795. The molecule has 0 aliphatic heterocycles. The Hall–Kier alpha value is -1.17. The molecule has 0 atom stereocenters. The third-order valence-corrected chi connectivity index (χ3v) is 1.15. The molecule has 0 saturated heterocycles. The number of aryl methyl sites for hydroxylation is 1. The highest BCUT2D eigenvalue weighted by atomic mass is 32.1. The lowest BCUT2D eigenvalue weighted by Gasteiger charge is -1.84. The van der Waals surface area contributed by atoms with Crippen molar-refractivity contribution < 1.29 is 5.21 Å². The average Bonchev–Trinajstić information content (AvgIpc) is 2.13. The first-order valence-corrected chi connectivity index (χ1v) is 2.95. The van der Waals surface area contributed by atoms with Crippen molar-refractivity contribution in [3.05, 3.63) is 11.6 Å². The van der Waals surface area contributed by atoms with Crippen molar-refractivity contribution in [3.8, 4) is 0 Å². The number of rotatable bonds is 1. The first-order valence-electron chi connectivity index (χ1n) is 2.54. The molecule has 1 heterocycles. The minimum absolute atomic E-state index is 0.0795. The third-order valence-electron chi connectivity index (χ3n) is 0.967. The van der Waals surface area contributed by atoms with Crippen molar-refractivity contribution in [1.82, 2.24) is 14.9 Å². The summed E-state index contributed by atoms with van der Waals surface area (Å²) in [5.41, 5.74) is 5.18. The van der Waals surface area contributed by atoms with Crippen LogP contribution in [0.2, 0.25) is 0 Å². The van der Waals surface area contributed by atoms with E-state index in [-0.39, 0.29) is 10.8 Å². The molecule has 3 N–H and O–H groups in total. The molecular formula is C4H6N4OS. The summed E-state index contributed by atoms with van der Waals surface area (Å²) in [5.74, 6) is 0.554. The molecular weight excluding hydrogens is 152 g/mol. The van der Waals surface area contributed by atoms with E-state index >= 15 is 0 Å². The lowest BCUT2D eigenvalue weighted by molar-refractivity contribution is 0.141. The van der Waals surface area contributed by atoms with E-state index in [4.69, 9.17) is 10.9 Å². The SMILES string of the molecule is Cc1nc(C(N)=S)nn1O. The molecule has 6 heteroatoms. The molecule has 0 amide bonds. The fraction of sp³-hybridized carbons (Fsp3) is 0.250. The Morgan fingerprint density at radius 2 is 2.40 bits per heavy atom. The van der Waals surface area contributed by atoms with Crippen LogP contribution in [0, 0.1) is 6.92 Å². The van der Waals surface area contributed by atoms with Gasteiger partial charge in [0.15, 0.2) is 5.82 Å². The van der Waals surface area contributed by atoms with Crippen molar-refractivity contribution in [1.29, 1.82) is 0 Å². The van der Waals surface area contributed by atoms with Gasteiger partial charge in [0.25, 0.3) is 0 Å². The van der Waals surface area contributed by atoms with Crippen LogP contribution in [0.15, 0.2) is 0 Å². The highest BCUT2D eigenvalue weighted by molar-refractivity contribution is 7.80. The summed E-state index contributed by atoms with van der Waals surface area (Å²) in [4.78, 5) is 4.46. The van der Waals surface area contributed by atoms with Gasteiger partial charge in [-0.3, -0.25) is 0 Å². The second kappa shape index (κ2) is 2.22. The van der Waals surface area contributed by atoms with E-state index in [0.717, 1.165) is 0 Å². The van der Waals surface area contributed by atoms with Crippen LogP contribution in [0.1, 0.15) is 11.6 Å². The summed E-state index contributed by atoms with van der Waals surface area (Å²) in [7, 11) is 0. The molecule has 0 bridgehead atoms. The van der Waals surface area contributed by atoms with E-state index in [1.165, 1.54) is 0 Å². The maximum atomic E-state index is 8.82. The van der Waals surface area contributed by atoms with Crippen LogP contribution in [-0.4, -0.2) is 25.1 Å². The Morgan fingerprint density at radius 3 is 2.60 bits per heavy atom. The largest absolute Gasteiger partial charge is 0.410 e. The van der Waals surface area contributed by atoms with E-state index in [0.29, 0.717) is 10.7 Å². The zero-order valence-electron chi connectivity index (χ0n) is 5.27. The van der Waals surface area contributed by atoms with Crippen molar-refractivity contribution in [2.45, 2.75) is 6.92 Å². The smallest absolute Gasteiger partial charge is 0.212 e. The summed E-state index contributed by atoms with van der Waals surface area (Å²) < 4.78 is 0. The van der Waals surface area contributed by atoms with Gasteiger partial charge in [0, 0.05) is 0 Å². The number of thiocarbonyl (C=S) groups is 1. The average molecular weight is 158 g/mol. The Balaban J connectivity index is 3.10. The molecule has 0 aromatic carbocycles. The lowest BCUT2D eigenvalue weighted by atomic mass is 10.6. The van der Waals surface area contributed by atoms with Crippen LogP contribution in [0.5, 0.6) is 0 Å². The quantitative estimate of drug-likeness (QED) is 0.424.